The van der Waals surface area contributed by atoms with Crippen LogP contribution in [0.3, 0.4) is 0 Å². The standard InChI is InChI=1S/C11H12ClN5O/c1-5-2-6(18)3-7(5)17-4-14-8-9(12)15-11(13)16-10(8)17/h2,4,6-7,18H,3H2,1H3,(H2,13,15,16)/t6-,7-/m1/s1. The van der Waals surface area contributed by atoms with Gasteiger partial charge in [-0.25, -0.2) is 4.98 Å². The number of fused-ring (bicyclic) bond motifs is 1. The number of allylic oxidation sites excluding steroid dienone is 1. The first-order valence-electron chi connectivity index (χ1n) is 5.58. The molecule has 0 fully saturated rings. The molecule has 0 aromatic carbocycles. The summed E-state index contributed by atoms with van der Waals surface area (Å²) in [5.74, 6) is 0.120. The Morgan fingerprint density at radius 3 is 2.94 bits per heavy atom. The number of hydrogen-bond donors (Lipinski definition) is 2. The Morgan fingerprint density at radius 1 is 1.50 bits per heavy atom. The summed E-state index contributed by atoms with van der Waals surface area (Å²) in [6, 6.07) is 0.0374. The molecule has 0 spiro atoms. The van der Waals surface area contributed by atoms with E-state index in [0.29, 0.717) is 17.6 Å². The summed E-state index contributed by atoms with van der Waals surface area (Å²) in [6.07, 6.45) is 3.67. The van der Waals surface area contributed by atoms with E-state index in [1.165, 1.54) is 0 Å². The molecule has 3 N–H and O–H groups in total. The topological polar surface area (TPSA) is 89.8 Å². The molecule has 2 aromatic rings. The lowest BCUT2D eigenvalue weighted by atomic mass is 10.1. The predicted molar refractivity (Wildman–Crippen MR) is 68.2 cm³/mol. The second kappa shape index (κ2) is 3.93. The Hall–Kier alpha value is -1.66. The molecule has 1 aliphatic rings. The van der Waals surface area contributed by atoms with Gasteiger partial charge in [0.1, 0.15) is 5.52 Å². The number of hydrogen-bond acceptors (Lipinski definition) is 5. The molecule has 94 valence electrons. The third-order valence-corrected chi connectivity index (χ3v) is 3.44. The number of aromatic nitrogens is 4. The number of aliphatic hydroxyl groups excluding tert-OH is 1. The summed E-state index contributed by atoms with van der Waals surface area (Å²) in [5.41, 5.74) is 7.80. The van der Waals surface area contributed by atoms with Crippen molar-refractivity contribution in [3.05, 3.63) is 23.1 Å². The molecule has 2 atom stereocenters. The van der Waals surface area contributed by atoms with Gasteiger partial charge in [-0.05, 0) is 6.92 Å². The quantitative estimate of drug-likeness (QED) is 0.599. The zero-order chi connectivity index (χ0) is 12.9. The van der Waals surface area contributed by atoms with Gasteiger partial charge in [-0.2, -0.15) is 9.97 Å². The van der Waals surface area contributed by atoms with Crippen LogP contribution in [0.15, 0.2) is 18.0 Å². The number of halogens is 1. The second-order valence-corrected chi connectivity index (χ2v) is 4.78. The molecule has 3 rings (SSSR count). The van der Waals surface area contributed by atoms with Gasteiger partial charge in [0.15, 0.2) is 10.8 Å². The van der Waals surface area contributed by atoms with Crippen molar-refractivity contribution in [3.8, 4) is 0 Å². The van der Waals surface area contributed by atoms with Crippen molar-refractivity contribution in [2.45, 2.75) is 25.5 Å². The Morgan fingerprint density at radius 2 is 2.28 bits per heavy atom. The van der Waals surface area contributed by atoms with Gasteiger partial charge in [0.05, 0.1) is 18.5 Å². The SMILES string of the molecule is CC1=C[C@@H](O)C[C@H]1n1cnc2c(Cl)nc(N)nc21. The highest BCUT2D eigenvalue weighted by molar-refractivity contribution is 6.33. The molecule has 0 radical (unpaired) electrons. The summed E-state index contributed by atoms with van der Waals surface area (Å²) in [7, 11) is 0. The lowest BCUT2D eigenvalue weighted by Crippen LogP contribution is -2.10. The van der Waals surface area contributed by atoms with Gasteiger partial charge in [0, 0.05) is 6.42 Å². The summed E-state index contributed by atoms with van der Waals surface area (Å²) < 4.78 is 1.88. The molecule has 0 saturated carbocycles. The van der Waals surface area contributed by atoms with Gasteiger partial charge >= 0.3 is 0 Å². The van der Waals surface area contributed by atoms with Crippen molar-refractivity contribution >= 4 is 28.7 Å². The fourth-order valence-corrected chi connectivity index (χ4v) is 2.58. The van der Waals surface area contributed by atoms with E-state index in [-0.39, 0.29) is 17.1 Å². The first-order valence-corrected chi connectivity index (χ1v) is 5.96. The van der Waals surface area contributed by atoms with E-state index in [0.717, 1.165) is 5.57 Å². The summed E-state index contributed by atoms with van der Waals surface area (Å²) in [6.45, 7) is 1.97. The van der Waals surface area contributed by atoms with Crippen molar-refractivity contribution < 1.29 is 5.11 Å². The Kier molecular flexibility index (Phi) is 2.49. The van der Waals surface area contributed by atoms with Crippen LogP contribution in [-0.4, -0.2) is 30.7 Å². The van der Waals surface area contributed by atoms with Gasteiger partial charge in [-0.1, -0.05) is 23.3 Å². The molecule has 18 heavy (non-hydrogen) atoms. The van der Waals surface area contributed by atoms with Gasteiger partial charge < -0.3 is 15.4 Å². The maximum atomic E-state index is 9.66. The fraction of sp³-hybridized carbons (Fsp3) is 0.364. The van der Waals surface area contributed by atoms with Gasteiger partial charge in [0.2, 0.25) is 5.95 Å². The number of imidazole rings is 1. The Balaban J connectivity index is 2.17. The molecule has 0 unspecified atom stereocenters. The van der Waals surface area contributed by atoms with Crippen LogP contribution in [0.4, 0.5) is 5.95 Å². The minimum absolute atomic E-state index is 0.0374. The number of aliphatic hydroxyl groups is 1. The molecular weight excluding hydrogens is 254 g/mol. The van der Waals surface area contributed by atoms with Crippen LogP contribution >= 0.6 is 11.6 Å². The first kappa shape index (κ1) is 11.4. The third kappa shape index (κ3) is 1.65. The summed E-state index contributed by atoms with van der Waals surface area (Å²) >= 11 is 5.98. The van der Waals surface area contributed by atoms with Crippen LogP contribution in [0.5, 0.6) is 0 Å². The van der Waals surface area contributed by atoms with E-state index in [9.17, 15) is 5.11 Å². The van der Waals surface area contributed by atoms with Crippen LogP contribution < -0.4 is 5.73 Å². The number of nitrogens with zero attached hydrogens (tertiary/aromatic N) is 4. The fourth-order valence-electron chi connectivity index (χ4n) is 2.36. The van der Waals surface area contributed by atoms with E-state index in [4.69, 9.17) is 17.3 Å². The second-order valence-electron chi connectivity index (χ2n) is 4.43. The van der Waals surface area contributed by atoms with E-state index in [1.54, 1.807) is 6.33 Å². The highest BCUT2D eigenvalue weighted by Gasteiger charge is 2.26. The predicted octanol–water partition coefficient (Wildman–Crippen LogP) is 1.31. The largest absolute Gasteiger partial charge is 0.389 e. The molecule has 6 nitrogen and oxygen atoms in total. The van der Waals surface area contributed by atoms with Crippen LogP contribution in [0.2, 0.25) is 5.15 Å². The number of nitrogens with two attached hydrogens (primary N) is 1. The smallest absolute Gasteiger partial charge is 0.223 e. The maximum Gasteiger partial charge on any atom is 0.223 e. The first-order chi connectivity index (χ1) is 8.56. The highest BCUT2D eigenvalue weighted by Crippen LogP contribution is 2.33. The zero-order valence-electron chi connectivity index (χ0n) is 9.71. The van der Waals surface area contributed by atoms with Crippen LogP contribution in [0, 0.1) is 0 Å². The molecule has 2 aromatic heterocycles. The zero-order valence-corrected chi connectivity index (χ0v) is 10.5. The molecule has 7 heteroatoms. The summed E-state index contributed by atoms with van der Waals surface area (Å²) in [5, 5.41) is 9.90. The van der Waals surface area contributed by atoms with Crippen molar-refractivity contribution in [2.24, 2.45) is 0 Å². The summed E-state index contributed by atoms with van der Waals surface area (Å²) in [4.78, 5) is 12.2. The van der Waals surface area contributed by atoms with E-state index >= 15 is 0 Å². The average Bonchev–Trinajstić information content (AvgIpc) is 2.82. The van der Waals surface area contributed by atoms with E-state index in [2.05, 4.69) is 15.0 Å². The Bertz CT molecular complexity index is 650. The highest BCUT2D eigenvalue weighted by atomic mass is 35.5. The maximum absolute atomic E-state index is 9.66. The normalized spacial score (nSPS) is 23.6. The number of anilines is 1. The van der Waals surface area contributed by atoms with E-state index in [1.807, 2.05) is 17.6 Å². The number of rotatable bonds is 1. The molecule has 0 aliphatic heterocycles. The molecule has 0 bridgehead atoms. The molecule has 0 amide bonds. The third-order valence-electron chi connectivity index (χ3n) is 3.18. The monoisotopic (exact) mass is 265 g/mol. The van der Waals surface area contributed by atoms with Crippen molar-refractivity contribution in [1.29, 1.82) is 0 Å². The number of nitrogen functional groups attached to an aromatic ring is 1. The molecule has 1 aliphatic carbocycles. The average molecular weight is 266 g/mol. The van der Waals surface area contributed by atoms with Gasteiger partial charge in [-0.15, -0.1) is 0 Å². The van der Waals surface area contributed by atoms with Crippen LogP contribution in [0.25, 0.3) is 11.2 Å². The molecule has 0 saturated heterocycles. The van der Waals surface area contributed by atoms with Crippen molar-refractivity contribution in [3.63, 3.8) is 0 Å². The van der Waals surface area contributed by atoms with Gasteiger partial charge in [0.25, 0.3) is 0 Å². The van der Waals surface area contributed by atoms with E-state index < -0.39 is 6.10 Å². The molecule has 2 heterocycles. The van der Waals surface area contributed by atoms with Crippen LogP contribution in [0.1, 0.15) is 19.4 Å². The van der Waals surface area contributed by atoms with Crippen LogP contribution in [-0.2, 0) is 0 Å². The lowest BCUT2D eigenvalue weighted by Gasteiger charge is -2.14. The van der Waals surface area contributed by atoms with Crippen molar-refractivity contribution in [2.75, 3.05) is 5.73 Å². The lowest BCUT2D eigenvalue weighted by molar-refractivity contribution is 0.211. The Labute approximate surface area is 108 Å². The molecular formula is C11H12ClN5O. The minimum Gasteiger partial charge on any atom is -0.389 e. The van der Waals surface area contributed by atoms with Gasteiger partial charge in [-0.3, -0.25) is 0 Å². The van der Waals surface area contributed by atoms with Crippen molar-refractivity contribution in [1.82, 2.24) is 19.5 Å². The minimum atomic E-state index is -0.429.